The van der Waals surface area contributed by atoms with E-state index in [1.807, 2.05) is 30.3 Å². The Morgan fingerprint density at radius 3 is 2.14 bits per heavy atom. The van der Waals surface area contributed by atoms with Crippen LogP contribution < -0.4 is 10.0 Å². The molecule has 0 fully saturated rings. The Labute approximate surface area is 130 Å². The molecule has 0 heterocycles. The number of rotatable bonds is 5. The molecule has 1 amide bonds. The summed E-state index contributed by atoms with van der Waals surface area (Å²) in [5.74, 6) is -0.202. The topological polar surface area (TPSA) is 75.3 Å². The summed E-state index contributed by atoms with van der Waals surface area (Å²) < 4.78 is 27.3. The lowest BCUT2D eigenvalue weighted by Crippen LogP contribution is -2.26. The van der Waals surface area contributed by atoms with Gasteiger partial charge in [-0.3, -0.25) is 4.79 Å². The molecular weight excluding hydrogens is 300 g/mol. The Balaban J connectivity index is 2.15. The molecule has 2 aromatic rings. The molecule has 116 valence electrons. The third-order valence-electron chi connectivity index (χ3n) is 3.12. The molecule has 0 bridgehead atoms. The largest absolute Gasteiger partial charge is 0.326 e. The van der Waals surface area contributed by atoms with Crippen molar-refractivity contribution >= 4 is 21.6 Å². The van der Waals surface area contributed by atoms with Crippen molar-refractivity contribution in [2.24, 2.45) is 0 Å². The van der Waals surface area contributed by atoms with Crippen LogP contribution in [-0.4, -0.2) is 14.3 Å². The van der Waals surface area contributed by atoms with Gasteiger partial charge < -0.3 is 5.32 Å². The summed E-state index contributed by atoms with van der Waals surface area (Å²) in [7, 11) is -3.62. The van der Waals surface area contributed by atoms with E-state index in [0.29, 0.717) is 5.69 Å². The standard InChI is InChI=1S/C16H18N2O3S/c1-12(14-6-4-3-5-7-14)18-22(20,21)16-10-8-15(9-11-16)17-13(2)19/h3-12,18H,1-2H3,(H,17,19)/t12-/m0/s1. The SMILES string of the molecule is CC(=O)Nc1ccc(S(=O)(=O)N[C@@H](C)c2ccccc2)cc1. The zero-order chi connectivity index (χ0) is 16.2. The number of nitrogens with one attached hydrogen (secondary N) is 2. The number of sulfonamides is 1. The van der Waals surface area contributed by atoms with E-state index in [1.165, 1.54) is 19.1 Å². The van der Waals surface area contributed by atoms with E-state index in [-0.39, 0.29) is 16.8 Å². The van der Waals surface area contributed by atoms with Crippen molar-refractivity contribution in [1.29, 1.82) is 0 Å². The molecule has 0 aliphatic heterocycles. The Morgan fingerprint density at radius 2 is 1.59 bits per heavy atom. The molecule has 0 spiro atoms. The molecule has 22 heavy (non-hydrogen) atoms. The molecule has 1 atom stereocenters. The first-order valence-corrected chi connectivity index (χ1v) is 8.32. The zero-order valence-corrected chi connectivity index (χ0v) is 13.2. The smallest absolute Gasteiger partial charge is 0.241 e. The molecule has 0 aliphatic carbocycles. The second-order valence-electron chi connectivity index (χ2n) is 4.96. The minimum Gasteiger partial charge on any atom is -0.326 e. The van der Waals surface area contributed by atoms with Crippen LogP contribution in [0.4, 0.5) is 5.69 Å². The molecular formula is C16H18N2O3S. The molecule has 0 saturated carbocycles. The van der Waals surface area contributed by atoms with Gasteiger partial charge in [-0.2, -0.15) is 0 Å². The molecule has 2 rings (SSSR count). The number of benzene rings is 2. The van der Waals surface area contributed by atoms with Crippen molar-refractivity contribution in [3.8, 4) is 0 Å². The number of hydrogen-bond donors (Lipinski definition) is 2. The number of hydrogen-bond acceptors (Lipinski definition) is 3. The minimum absolute atomic E-state index is 0.157. The van der Waals surface area contributed by atoms with Crippen molar-refractivity contribution in [2.75, 3.05) is 5.32 Å². The third-order valence-corrected chi connectivity index (χ3v) is 4.67. The quantitative estimate of drug-likeness (QED) is 0.890. The maximum atomic E-state index is 12.4. The highest BCUT2D eigenvalue weighted by Crippen LogP contribution is 2.18. The van der Waals surface area contributed by atoms with Crippen LogP contribution in [0.25, 0.3) is 0 Å². The van der Waals surface area contributed by atoms with Gasteiger partial charge in [0.25, 0.3) is 0 Å². The lowest BCUT2D eigenvalue weighted by molar-refractivity contribution is -0.114. The number of anilines is 1. The first-order chi connectivity index (χ1) is 10.4. The lowest BCUT2D eigenvalue weighted by Gasteiger charge is -2.15. The van der Waals surface area contributed by atoms with E-state index in [1.54, 1.807) is 19.1 Å². The van der Waals surface area contributed by atoms with Crippen LogP contribution in [0, 0.1) is 0 Å². The van der Waals surface area contributed by atoms with Crippen LogP contribution in [0.15, 0.2) is 59.5 Å². The Kier molecular flexibility index (Phi) is 4.95. The predicted octanol–water partition coefficient (Wildman–Crippen LogP) is 2.68. The van der Waals surface area contributed by atoms with Crippen LogP contribution in [0.1, 0.15) is 25.5 Å². The fourth-order valence-electron chi connectivity index (χ4n) is 2.03. The molecule has 2 N–H and O–H groups in total. The van der Waals surface area contributed by atoms with Gasteiger partial charge in [0.1, 0.15) is 0 Å². The maximum absolute atomic E-state index is 12.4. The van der Waals surface area contributed by atoms with Crippen LogP contribution in [0.2, 0.25) is 0 Å². The van der Waals surface area contributed by atoms with Crippen molar-refractivity contribution in [2.45, 2.75) is 24.8 Å². The second-order valence-corrected chi connectivity index (χ2v) is 6.67. The normalized spacial score (nSPS) is 12.6. The summed E-state index contributed by atoms with van der Waals surface area (Å²) >= 11 is 0. The summed E-state index contributed by atoms with van der Waals surface area (Å²) in [4.78, 5) is 11.1. The van der Waals surface area contributed by atoms with Crippen LogP contribution >= 0.6 is 0 Å². The van der Waals surface area contributed by atoms with E-state index >= 15 is 0 Å². The van der Waals surface area contributed by atoms with Gasteiger partial charge in [0, 0.05) is 18.7 Å². The number of carbonyl (C=O) groups is 1. The highest BCUT2D eigenvalue weighted by Gasteiger charge is 2.18. The van der Waals surface area contributed by atoms with Gasteiger partial charge in [0.05, 0.1) is 4.90 Å². The van der Waals surface area contributed by atoms with E-state index in [9.17, 15) is 13.2 Å². The van der Waals surface area contributed by atoms with Crippen LogP contribution in [0.3, 0.4) is 0 Å². The molecule has 0 saturated heterocycles. The van der Waals surface area contributed by atoms with Crippen LogP contribution in [-0.2, 0) is 14.8 Å². The Bertz CT molecular complexity index is 741. The molecule has 0 radical (unpaired) electrons. The molecule has 0 aliphatic rings. The molecule has 6 heteroatoms. The van der Waals surface area contributed by atoms with Gasteiger partial charge in [-0.25, -0.2) is 13.1 Å². The summed E-state index contributed by atoms with van der Waals surface area (Å²) in [5, 5.41) is 2.60. The monoisotopic (exact) mass is 318 g/mol. The van der Waals surface area contributed by atoms with Gasteiger partial charge in [0.15, 0.2) is 0 Å². The minimum atomic E-state index is -3.62. The predicted molar refractivity (Wildman–Crippen MR) is 85.9 cm³/mol. The number of carbonyl (C=O) groups excluding carboxylic acids is 1. The van der Waals surface area contributed by atoms with Gasteiger partial charge >= 0.3 is 0 Å². The maximum Gasteiger partial charge on any atom is 0.241 e. The molecule has 2 aromatic carbocycles. The van der Waals surface area contributed by atoms with E-state index in [0.717, 1.165) is 5.56 Å². The first-order valence-electron chi connectivity index (χ1n) is 6.83. The highest BCUT2D eigenvalue weighted by molar-refractivity contribution is 7.89. The van der Waals surface area contributed by atoms with Gasteiger partial charge in [-0.05, 0) is 36.8 Å². The summed E-state index contributed by atoms with van der Waals surface area (Å²) in [6.45, 7) is 3.19. The summed E-state index contributed by atoms with van der Waals surface area (Å²) in [6.07, 6.45) is 0. The fraction of sp³-hybridized carbons (Fsp3) is 0.188. The Hall–Kier alpha value is -2.18. The highest BCUT2D eigenvalue weighted by atomic mass is 32.2. The molecule has 0 aromatic heterocycles. The van der Waals surface area contributed by atoms with Gasteiger partial charge in [-0.15, -0.1) is 0 Å². The lowest BCUT2D eigenvalue weighted by atomic mass is 10.1. The van der Waals surface area contributed by atoms with E-state index < -0.39 is 10.0 Å². The van der Waals surface area contributed by atoms with Crippen molar-refractivity contribution in [3.05, 3.63) is 60.2 Å². The first kappa shape index (κ1) is 16.2. The summed E-state index contributed by atoms with van der Waals surface area (Å²) in [6, 6.07) is 15.1. The van der Waals surface area contributed by atoms with Gasteiger partial charge in [-0.1, -0.05) is 30.3 Å². The second kappa shape index (κ2) is 6.72. The van der Waals surface area contributed by atoms with E-state index in [4.69, 9.17) is 0 Å². The van der Waals surface area contributed by atoms with Gasteiger partial charge in [0.2, 0.25) is 15.9 Å². The Morgan fingerprint density at radius 1 is 1.00 bits per heavy atom. The third kappa shape index (κ3) is 4.16. The van der Waals surface area contributed by atoms with Crippen molar-refractivity contribution < 1.29 is 13.2 Å². The zero-order valence-electron chi connectivity index (χ0n) is 12.4. The van der Waals surface area contributed by atoms with Crippen LogP contribution in [0.5, 0.6) is 0 Å². The molecule has 5 nitrogen and oxygen atoms in total. The average molecular weight is 318 g/mol. The number of amides is 1. The summed E-state index contributed by atoms with van der Waals surface area (Å²) in [5.41, 5.74) is 1.45. The average Bonchev–Trinajstić information content (AvgIpc) is 2.47. The van der Waals surface area contributed by atoms with E-state index in [2.05, 4.69) is 10.0 Å². The molecule has 0 unspecified atom stereocenters. The van der Waals surface area contributed by atoms with Crippen molar-refractivity contribution in [3.63, 3.8) is 0 Å². The van der Waals surface area contributed by atoms with Crippen molar-refractivity contribution in [1.82, 2.24) is 4.72 Å². The fourth-order valence-corrected chi connectivity index (χ4v) is 3.26.